The summed E-state index contributed by atoms with van der Waals surface area (Å²) < 4.78 is 16.7. The first kappa shape index (κ1) is 56.6. The first-order valence-electron chi connectivity index (χ1n) is 25.5. The first-order valence-corrected chi connectivity index (χ1v) is 25.5. The van der Waals surface area contributed by atoms with Crippen LogP contribution >= 0.6 is 0 Å². The van der Waals surface area contributed by atoms with Crippen molar-refractivity contribution in [2.24, 2.45) is 0 Å². The lowest BCUT2D eigenvalue weighted by Gasteiger charge is -2.18. The molecule has 0 aromatic carbocycles. The number of unbranched alkanes of at least 4 members (excludes halogenated alkanes) is 29. The van der Waals surface area contributed by atoms with Crippen molar-refractivity contribution in [3.63, 3.8) is 0 Å². The molecule has 0 aromatic heterocycles. The van der Waals surface area contributed by atoms with Crippen LogP contribution in [0.1, 0.15) is 265 Å². The molecular weight excluding hydrogens is 733 g/mol. The minimum atomic E-state index is -0.785. The lowest BCUT2D eigenvalue weighted by molar-refractivity contribution is -0.167. The topological polar surface area (TPSA) is 78.9 Å². The minimum Gasteiger partial charge on any atom is -0.462 e. The summed E-state index contributed by atoms with van der Waals surface area (Å²) in [5, 5.41) is 0. The first-order chi connectivity index (χ1) is 29.0. The standard InChI is InChI=1S/C53H96O6/c1-4-7-10-13-16-19-22-24-26-27-29-31-34-37-40-43-46-52(55)58-49-50(48-57-51(54)45-42-39-36-33-30-21-18-15-12-9-6-3)59-53(56)47-44-41-38-35-32-28-25-23-20-17-14-11-8-5-2/h9,12,18,21,33,36,50H,4-8,10-11,13-17,19-20,22-32,34-35,37-49H2,1-3H3/b12-9-,21-18-,36-33-. The van der Waals surface area contributed by atoms with E-state index in [0.717, 1.165) is 64.2 Å². The Morgan fingerprint density at radius 2 is 0.661 bits per heavy atom. The summed E-state index contributed by atoms with van der Waals surface area (Å²) in [6, 6.07) is 0. The summed E-state index contributed by atoms with van der Waals surface area (Å²) >= 11 is 0. The molecule has 0 spiro atoms. The van der Waals surface area contributed by atoms with Crippen LogP contribution in [0.4, 0.5) is 0 Å². The maximum atomic E-state index is 12.8. The molecule has 0 heterocycles. The largest absolute Gasteiger partial charge is 0.462 e. The van der Waals surface area contributed by atoms with Gasteiger partial charge in [-0.05, 0) is 44.9 Å². The summed E-state index contributed by atoms with van der Waals surface area (Å²) in [5.41, 5.74) is 0. The molecule has 344 valence electrons. The van der Waals surface area contributed by atoms with E-state index in [2.05, 4.69) is 57.2 Å². The number of allylic oxidation sites excluding steroid dienone is 6. The Morgan fingerprint density at radius 3 is 1.03 bits per heavy atom. The van der Waals surface area contributed by atoms with Gasteiger partial charge in [0.1, 0.15) is 13.2 Å². The summed E-state index contributed by atoms with van der Waals surface area (Å²) in [4.78, 5) is 37.9. The molecule has 0 fully saturated rings. The Labute approximate surface area is 365 Å². The molecule has 1 unspecified atom stereocenters. The van der Waals surface area contributed by atoms with Crippen molar-refractivity contribution in [1.82, 2.24) is 0 Å². The fourth-order valence-electron chi connectivity index (χ4n) is 7.35. The van der Waals surface area contributed by atoms with Gasteiger partial charge >= 0.3 is 17.9 Å². The fourth-order valence-corrected chi connectivity index (χ4v) is 7.35. The average Bonchev–Trinajstić information content (AvgIpc) is 3.23. The number of hydrogen-bond acceptors (Lipinski definition) is 6. The molecule has 0 aliphatic rings. The predicted molar refractivity (Wildman–Crippen MR) is 252 cm³/mol. The summed E-state index contributed by atoms with van der Waals surface area (Å²) in [5.74, 6) is -0.929. The molecular formula is C53H96O6. The second kappa shape index (κ2) is 48.3. The number of rotatable bonds is 46. The normalized spacial score (nSPS) is 12.3. The van der Waals surface area contributed by atoms with Gasteiger partial charge in [0.2, 0.25) is 0 Å². The third-order valence-electron chi connectivity index (χ3n) is 11.2. The van der Waals surface area contributed by atoms with E-state index in [1.807, 2.05) is 0 Å². The number of esters is 3. The third kappa shape index (κ3) is 46.5. The highest BCUT2D eigenvalue weighted by Gasteiger charge is 2.19. The molecule has 0 saturated heterocycles. The SMILES string of the molecule is CC/C=C\C/C=C\C/C=C\CCCC(=O)OCC(COC(=O)CCCCCCCCCCCCCCCCCC)OC(=O)CCCCCCCCCCCCCCCC. The Balaban J connectivity index is 4.35. The summed E-state index contributed by atoms with van der Waals surface area (Å²) in [6.45, 7) is 6.50. The van der Waals surface area contributed by atoms with Crippen molar-refractivity contribution in [1.29, 1.82) is 0 Å². The lowest BCUT2D eigenvalue weighted by Crippen LogP contribution is -2.30. The van der Waals surface area contributed by atoms with Crippen molar-refractivity contribution in [2.75, 3.05) is 13.2 Å². The Kier molecular flexibility index (Phi) is 46.4. The fraction of sp³-hybridized carbons (Fsp3) is 0.830. The number of ether oxygens (including phenoxy) is 3. The van der Waals surface area contributed by atoms with Gasteiger partial charge in [-0.2, -0.15) is 0 Å². The van der Waals surface area contributed by atoms with Crippen LogP contribution in [0.5, 0.6) is 0 Å². The van der Waals surface area contributed by atoms with Crippen molar-refractivity contribution < 1.29 is 28.6 Å². The zero-order chi connectivity index (χ0) is 43.0. The van der Waals surface area contributed by atoms with Gasteiger partial charge < -0.3 is 14.2 Å². The van der Waals surface area contributed by atoms with Crippen molar-refractivity contribution >= 4 is 17.9 Å². The Morgan fingerprint density at radius 1 is 0.356 bits per heavy atom. The van der Waals surface area contributed by atoms with E-state index in [0.29, 0.717) is 25.7 Å². The monoisotopic (exact) mass is 829 g/mol. The van der Waals surface area contributed by atoms with Gasteiger partial charge in [0.15, 0.2) is 6.10 Å². The van der Waals surface area contributed by atoms with Gasteiger partial charge in [0, 0.05) is 19.3 Å². The van der Waals surface area contributed by atoms with Crippen molar-refractivity contribution in [2.45, 2.75) is 271 Å². The van der Waals surface area contributed by atoms with Crippen LogP contribution in [0.25, 0.3) is 0 Å². The van der Waals surface area contributed by atoms with Gasteiger partial charge in [-0.25, -0.2) is 0 Å². The van der Waals surface area contributed by atoms with Crippen molar-refractivity contribution in [3.05, 3.63) is 36.5 Å². The third-order valence-corrected chi connectivity index (χ3v) is 11.2. The highest BCUT2D eigenvalue weighted by Crippen LogP contribution is 2.16. The lowest BCUT2D eigenvalue weighted by atomic mass is 10.0. The molecule has 6 heteroatoms. The smallest absolute Gasteiger partial charge is 0.306 e. The Bertz CT molecular complexity index is 1000. The summed E-state index contributed by atoms with van der Waals surface area (Å²) in [6.07, 6.45) is 55.7. The van der Waals surface area contributed by atoms with E-state index >= 15 is 0 Å². The van der Waals surface area contributed by atoms with Gasteiger partial charge in [0.25, 0.3) is 0 Å². The molecule has 1 atom stereocenters. The maximum Gasteiger partial charge on any atom is 0.306 e. The molecule has 0 aromatic rings. The van der Waals surface area contributed by atoms with E-state index in [-0.39, 0.29) is 31.1 Å². The maximum absolute atomic E-state index is 12.8. The van der Waals surface area contributed by atoms with Crippen LogP contribution < -0.4 is 0 Å². The molecule has 0 aliphatic heterocycles. The van der Waals surface area contributed by atoms with E-state index in [1.165, 1.54) is 154 Å². The second-order valence-electron chi connectivity index (χ2n) is 17.1. The van der Waals surface area contributed by atoms with Crippen LogP contribution in [0.15, 0.2) is 36.5 Å². The van der Waals surface area contributed by atoms with Gasteiger partial charge in [-0.15, -0.1) is 0 Å². The van der Waals surface area contributed by atoms with Gasteiger partial charge in [0.05, 0.1) is 0 Å². The van der Waals surface area contributed by atoms with E-state index < -0.39 is 6.10 Å². The number of carbonyl (C=O) groups excluding carboxylic acids is 3. The molecule has 0 N–H and O–H groups in total. The Hall–Kier alpha value is -2.37. The van der Waals surface area contributed by atoms with E-state index in [1.54, 1.807) is 0 Å². The van der Waals surface area contributed by atoms with Crippen LogP contribution in [-0.2, 0) is 28.6 Å². The van der Waals surface area contributed by atoms with Crippen LogP contribution in [0, 0.1) is 0 Å². The quantitative estimate of drug-likeness (QED) is 0.0263. The molecule has 0 radical (unpaired) electrons. The number of hydrogen-bond donors (Lipinski definition) is 0. The predicted octanol–water partition coefficient (Wildman–Crippen LogP) is 16.5. The van der Waals surface area contributed by atoms with Crippen LogP contribution in [-0.4, -0.2) is 37.2 Å². The number of carbonyl (C=O) groups is 3. The van der Waals surface area contributed by atoms with Crippen LogP contribution in [0.2, 0.25) is 0 Å². The van der Waals surface area contributed by atoms with E-state index in [9.17, 15) is 14.4 Å². The molecule has 0 rings (SSSR count). The summed E-state index contributed by atoms with van der Waals surface area (Å²) in [7, 11) is 0. The molecule has 0 amide bonds. The minimum absolute atomic E-state index is 0.0834. The van der Waals surface area contributed by atoms with E-state index in [4.69, 9.17) is 14.2 Å². The van der Waals surface area contributed by atoms with Gasteiger partial charge in [-0.3, -0.25) is 14.4 Å². The van der Waals surface area contributed by atoms with Gasteiger partial charge in [-0.1, -0.05) is 237 Å². The zero-order valence-corrected chi connectivity index (χ0v) is 39.3. The molecule has 0 saturated carbocycles. The van der Waals surface area contributed by atoms with Crippen LogP contribution in [0.3, 0.4) is 0 Å². The molecule has 6 nitrogen and oxygen atoms in total. The highest BCUT2D eigenvalue weighted by atomic mass is 16.6. The average molecular weight is 829 g/mol. The molecule has 0 aliphatic carbocycles. The highest BCUT2D eigenvalue weighted by molar-refractivity contribution is 5.71. The molecule has 0 bridgehead atoms. The van der Waals surface area contributed by atoms with Crippen molar-refractivity contribution in [3.8, 4) is 0 Å². The second-order valence-corrected chi connectivity index (χ2v) is 17.1. The molecule has 59 heavy (non-hydrogen) atoms. The zero-order valence-electron chi connectivity index (χ0n) is 39.3.